The fraction of sp³-hybridized carbons (Fsp3) is 0. The molecule has 9 aromatic rings. The summed E-state index contributed by atoms with van der Waals surface area (Å²) in [4.78, 5) is 0. The normalized spacial score (nSPS) is 12.1. The van der Waals surface area contributed by atoms with Gasteiger partial charge >= 0.3 is 0 Å². The van der Waals surface area contributed by atoms with Crippen LogP contribution >= 0.6 is 0 Å². The van der Waals surface area contributed by atoms with Crippen LogP contribution in [0.3, 0.4) is 0 Å². The minimum absolute atomic E-state index is 0.922. The average molecular weight is 495 g/mol. The van der Waals surface area contributed by atoms with Crippen molar-refractivity contribution in [1.82, 2.24) is 0 Å². The van der Waals surface area contributed by atoms with E-state index in [1.807, 2.05) is 0 Å². The molecule has 9 rings (SSSR count). The van der Waals surface area contributed by atoms with Crippen LogP contribution in [0.5, 0.6) is 0 Å². The summed E-state index contributed by atoms with van der Waals surface area (Å²) in [5.74, 6) is 0. The summed E-state index contributed by atoms with van der Waals surface area (Å²) in [6.07, 6.45) is 0. The van der Waals surface area contributed by atoms with Crippen LogP contribution in [0, 0.1) is 0 Å². The molecule has 0 spiro atoms. The summed E-state index contributed by atoms with van der Waals surface area (Å²) < 4.78 is 6.63. The molecule has 1 aromatic heterocycles. The Hall–Kier alpha value is -5.14. The van der Waals surface area contributed by atoms with E-state index in [-0.39, 0.29) is 0 Å². The van der Waals surface area contributed by atoms with Crippen molar-refractivity contribution in [2.24, 2.45) is 0 Å². The Morgan fingerprint density at radius 2 is 0.872 bits per heavy atom. The quantitative estimate of drug-likeness (QED) is 0.207. The average Bonchev–Trinajstić information content (AvgIpc) is 3.39. The van der Waals surface area contributed by atoms with E-state index in [9.17, 15) is 0 Å². The van der Waals surface area contributed by atoms with Gasteiger partial charge in [-0.25, -0.2) is 0 Å². The number of benzene rings is 8. The SMILES string of the molecule is c1ccc2c(c1)ccc1cc(-c3ccc4oc5c(ccc6c7ccccc7c7ccccc7c65)c4c3)ccc12. The van der Waals surface area contributed by atoms with Gasteiger partial charge in [-0.05, 0) is 83.9 Å². The van der Waals surface area contributed by atoms with E-state index >= 15 is 0 Å². The van der Waals surface area contributed by atoms with Gasteiger partial charge < -0.3 is 4.42 Å². The van der Waals surface area contributed by atoms with Crippen molar-refractivity contribution in [1.29, 1.82) is 0 Å². The van der Waals surface area contributed by atoms with Crippen molar-refractivity contribution in [2.75, 3.05) is 0 Å². The van der Waals surface area contributed by atoms with Crippen LogP contribution in [0.1, 0.15) is 0 Å². The molecule has 0 aliphatic carbocycles. The molecular weight excluding hydrogens is 472 g/mol. The molecule has 1 heterocycles. The van der Waals surface area contributed by atoms with Gasteiger partial charge in [0.1, 0.15) is 11.2 Å². The zero-order valence-electron chi connectivity index (χ0n) is 21.1. The Balaban J connectivity index is 1.31. The molecule has 1 heteroatoms. The fourth-order valence-electron chi connectivity index (χ4n) is 6.59. The molecule has 1 nitrogen and oxygen atoms in total. The first kappa shape index (κ1) is 20.9. The van der Waals surface area contributed by atoms with Gasteiger partial charge in [0.15, 0.2) is 0 Å². The smallest absolute Gasteiger partial charge is 0.143 e. The highest BCUT2D eigenvalue weighted by Crippen LogP contribution is 2.42. The van der Waals surface area contributed by atoms with Crippen LogP contribution < -0.4 is 0 Å². The maximum Gasteiger partial charge on any atom is 0.143 e. The number of hydrogen-bond acceptors (Lipinski definition) is 1. The number of fused-ring (bicyclic) bond motifs is 13. The molecule has 8 aromatic carbocycles. The van der Waals surface area contributed by atoms with E-state index in [1.54, 1.807) is 0 Å². The molecule has 0 unspecified atom stereocenters. The van der Waals surface area contributed by atoms with Gasteiger partial charge in [0.2, 0.25) is 0 Å². The third-order valence-electron chi connectivity index (χ3n) is 8.42. The van der Waals surface area contributed by atoms with Crippen molar-refractivity contribution < 1.29 is 4.42 Å². The summed E-state index contributed by atoms with van der Waals surface area (Å²) in [6.45, 7) is 0. The molecule has 0 N–H and O–H groups in total. The Kier molecular flexibility index (Phi) is 4.11. The molecule has 0 fully saturated rings. The highest BCUT2D eigenvalue weighted by Gasteiger charge is 2.16. The third kappa shape index (κ3) is 2.90. The lowest BCUT2D eigenvalue weighted by molar-refractivity contribution is 0.673. The van der Waals surface area contributed by atoms with Crippen LogP contribution in [0.4, 0.5) is 0 Å². The molecule has 0 aliphatic rings. The van der Waals surface area contributed by atoms with Crippen molar-refractivity contribution >= 4 is 75.8 Å². The third-order valence-corrected chi connectivity index (χ3v) is 8.42. The van der Waals surface area contributed by atoms with Gasteiger partial charge in [-0.1, -0.05) is 109 Å². The predicted octanol–water partition coefficient (Wildman–Crippen LogP) is 11.0. The monoisotopic (exact) mass is 494 g/mol. The Labute approximate surface area is 224 Å². The van der Waals surface area contributed by atoms with Gasteiger partial charge in [-0.2, -0.15) is 0 Å². The largest absolute Gasteiger partial charge is 0.455 e. The van der Waals surface area contributed by atoms with E-state index < -0.39 is 0 Å². The van der Waals surface area contributed by atoms with Crippen LogP contribution in [0.25, 0.3) is 86.9 Å². The van der Waals surface area contributed by atoms with Crippen molar-refractivity contribution in [3.05, 3.63) is 133 Å². The summed E-state index contributed by atoms with van der Waals surface area (Å²) in [5, 5.41) is 14.9. The molecule has 0 atom stereocenters. The standard InChI is InChI=1S/C38H22O/c1-2-8-27-23(7-1)13-14-26-21-24(15-17-28(26)27)25-16-20-36-35(22-25)34-19-18-33-31-11-4-3-9-29(31)30-10-5-6-12-32(30)37(33)38(34)39-36/h1-22H. The predicted molar refractivity (Wildman–Crippen MR) is 167 cm³/mol. The summed E-state index contributed by atoms with van der Waals surface area (Å²) in [5.41, 5.74) is 4.30. The summed E-state index contributed by atoms with van der Waals surface area (Å²) in [6, 6.07) is 48.3. The first-order valence-electron chi connectivity index (χ1n) is 13.4. The van der Waals surface area contributed by atoms with E-state index in [2.05, 4.69) is 133 Å². The van der Waals surface area contributed by atoms with Crippen molar-refractivity contribution in [3.8, 4) is 11.1 Å². The molecular formula is C38H22O. The zero-order chi connectivity index (χ0) is 25.5. The number of hydrogen-bond donors (Lipinski definition) is 0. The fourth-order valence-corrected chi connectivity index (χ4v) is 6.59. The highest BCUT2D eigenvalue weighted by atomic mass is 16.3. The zero-order valence-corrected chi connectivity index (χ0v) is 21.1. The Bertz CT molecular complexity index is 2410. The first-order chi connectivity index (χ1) is 19.3. The van der Waals surface area contributed by atoms with E-state index in [0.29, 0.717) is 0 Å². The minimum Gasteiger partial charge on any atom is -0.455 e. The van der Waals surface area contributed by atoms with Gasteiger partial charge in [0, 0.05) is 16.2 Å². The maximum absolute atomic E-state index is 6.63. The van der Waals surface area contributed by atoms with Crippen LogP contribution in [0.15, 0.2) is 138 Å². The second kappa shape index (κ2) is 7.69. The van der Waals surface area contributed by atoms with Gasteiger partial charge in [0.05, 0.1) is 0 Å². The van der Waals surface area contributed by atoms with E-state index in [1.165, 1.54) is 65.0 Å². The Morgan fingerprint density at radius 1 is 0.333 bits per heavy atom. The lowest BCUT2D eigenvalue weighted by Gasteiger charge is -2.10. The van der Waals surface area contributed by atoms with Crippen LogP contribution in [0.2, 0.25) is 0 Å². The summed E-state index contributed by atoms with van der Waals surface area (Å²) >= 11 is 0. The number of furan rings is 1. The van der Waals surface area contributed by atoms with Crippen LogP contribution in [-0.2, 0) is 0 Å². The number of rotatable bonds is 1. The molecule has 0 saturated heterocycles. The van der Waals surface area contributed by atoms with Gasteiger partial charge in [-0.3, -0.25) is 0 Å². The molecule has 180 valence electrons. The van der Waals surface area contributed by atoms with E-state index in [4.69, 9.17) is 4.42 Å². The molecule has 0 radical (unpaired) electrons. The van der Waals surface area contributed by atoms with Crippen molar-refractivity contribution in [2.45, 2.75) is 0 Å². The molecule has 0 amide bonds. The lowest BCUT2D eigenvalue weighted by atomic mass is 9.93. The second-order valence-electron chi connectivity index (χ2n) is 10.5. The lowest BCUT2D eigenvalue weighted by Crippen LogP contribution is -1.83. The molecule has 39 heavy (non-hydrogen) atoms. The second-order valence-corrected chi connectivity index (χ2v) is 10.5. The van der Waals surface area contributed by atoms with Crippen LogP contribution in [-0.4, -0.2) is 0 Å². The van der Waals surface area contributed by atoms with Gasteiger partial charge in [-0.15, -0.1) is 0 Å². The summed E-state index contributed by atoms with van der Waals surface area (Å²) in [7, 11) is 0. The van der Waals surface area contributed by atoms with Crippen molar-refractivity contribution in [3.63, 3.8) is 0 Å². The maximum atomic E-state index is 6.63. The Morgan fingerprint density at radius 3 is 1.69 bits per heavy atom. The van der Waals surface area contributed by atoms with E-state index in [0.717, 1.165) is 21.9 Å². The van der Waals surface area contributed by atoms with Gasteiger partial charge in [0.25, 0.3) is 0 Å². The first-order valence-corrected chi connectivity index (χ1v) is 13.4. The molecule has 0 bridgehead atoms. The molecule has 0 saturated carbocycles. The highest BCUT2D eigenvalue weighted by molar-refractivity contribution is 6.32. The minimum atomic E-state index is 0.922. The topological polar surface area (TPSA) is 13.1 Å². The molecule has 0 aliphatic heterocycles.